The minimum atomic E-state index is -3.84. The summed E-state index contributed by atoms with van der Waals surface area (Å²) < 4.78 is 45.7. The molecule has 0 heterocycles. The summed E-state index contributed by atoms with van der Waals surface area (Å²) in [6, 6.07) is 12.1. The number of alkyl carbamates (subject to hydrolysis) is 1. The second-order valence-corrected chi connectivity index (χ2v) is 10.7. The first kappa shape index (κ1) is 22.2. The smallest absolute Gasteiger partial charge is 0.408 e. The van der Waals surface area contributed by atoms with Gasteiger partial charge < -0.3 is 15.8 Å². The molecule has 6 nitrogen and oxygen atoms in total. The van der Waals surface area contributed by atoms with Crippen molar-refractivity contribution in [2.75, 3.05) is 6.54 Å². The van der Waals surface area contributed by atoms with Crippen molar-refractivity contribution in [3.63, 3.8) is 0 Å². The lowest BCUT2D eigenvalue weighted by Crippen LogP contribution is -2.49. The van der Waals surface area contributed by atoms with E-state index in [1.54, 1.807) is 45.0 Å². The van der Waals surface area contributed by atoms with E-state index in [-0.39, 0.29) is 11.4 Å². The third kappa shape index (κ3) is 4.20. The van der Waals surface area contributed by atoms with Crippen molar-refractivity contribution in [3.05, 3.63) is 65.5 Å². The van der Waals surface area contributed by atoms with Gasteiger partial charge >= 0.3 is 6.09 Å². The first-order valence-corrected chi connectivity index (χ1v) is 11.2. The lowest BCUT2D eigenvalue weighted by atomic mass is 10.1. The summed E-state index contributed by atoms with van der Waals surface area (Å²) in [6.45, 7) is 6.89. The van der Waals surface area contributed by atoms with Crippen LogP contribution in [0.15, 0.2) is 53.4 Å². The van der Waals surface area contributed by atoms with E-state index in [9.17, 15) is 17.6 Å². The molecule has 3 N–H and O–H groups in total. The maximum absolute atomic E-state index is 13.5. The topological polar surface area (TPSA) is 98.5 Å². The second kappa shape index (κ2) is 7.67. The summed E-state index contributed by atoms with van der Waals surface area (Å²) in [6.07, 6.45) is -0.748. The van der Waals surface area contributed by atoms with E-state index in [1.807, 2.05) is 6.92 Å². The number of nitrogens with one attached hydrogen (secondary N) is 1. The zero-order valence-electron chi connectivity index (χ0n) is 17.5. The molecule has 1 saturated carbocycles. The van der Waals surface area contributed by atoms with Gasteiger partial charge in [0.05, 0.1) is 10.4 Å². The molecule has 8 heteroatoms. The zero-order valence-corrected chi connectivity index (χ0v) is 18.3. The Morgan fingerprint density at radius 2 is 1.70 bits per heavy atom. The number of aryl methyl sites for hydroxylation is 1. The van der Waals surface area contributed by atoms with E-state index in [1.165, 1.54) is 24.3 Å². The third-order valence-electron chi connectivity index (χ3n) is 5.24. The Hall–Kier alpha value is -2.45. The van der Waals surface area contributed by atoms with Crippen LogP contribution in [0.4, 0.5) is 9.18 Å². The highest BCUT2D eigenvalue weighted by Gasteiger charge is 2.71. The van der Waals surface area contributed by atoms with E-state index >= 15 is 0 Å². The Morgan fingerprint density at radius 3 is 2.20 bits per heavy atom. The number of benzene rings is 2. The van der Waals surface area contributed by atoms with Gasteiger partial charge in [-0.15, -0.1) is 0 Å². The van der Waals surface area contributed by atoms with Crippen LogP contribution >= 0.6 is 0 Å². The van der Waals surface area contributed by atoms with Gasteiger partial charge in [0.25, 0.3) is 0 Å². The molecule has 0 bridgehead atoms. The van der Waals surface area contributed by atoms with Crippen LogP contribution < -0.4 is 11.1 Å². The normalized spacial score (nSPS) is 23.7. The molecular weight excluding hydrogens is 407 g/mol. The van der Waals surface area contributed by atoms with Gasteiger partial charge in [0.2, 0.25) is 0 Å². The molecule has 1 aliphatic carbocycles. The maximum atomic E-state index is 13.5. The summed E-state index contributed by atoms with van der Waals surface area (Å²) in [5, 5.41) is 1.71. The second-order valence-electron chi connectivity index (χ2n) is 8.68. The summed E-state index contributed by atoms with van der Waals surface area (Å²) >= 11 is 0. The van der Waals surface area contributed by atoms with Crippen LogP contribution in [0.2, 0.25) is 0 Å². The number of hydrogen-bond donors (Lipinski definition) is 2. The molecule has 0 radical (unpaired) electrons. The lowest BCUT2D eigenvalue weighted by Gasteiger charge is -2.24. The lowest BCUT2D eigenvalue weighted by molar-refractivity contribution is 0.0497. The van der Waals surface area contributed by atoms with E-state index in [2.05, 4.69) is 5.32 Å². The van der Waals surface area contributed by atoms with Crippen molar-refractivity contribution < 1.29 is 22.3 Å². The molecule has 1 amide bonds. The molecule has 3 rings (SSSR count). The number of halogens is 1. The highest BCUT2D eigenvalue weighted by atomic mass is 32.2. The first-order valence-electron chi connectivity index (χ1n) is 9.68. The first-order chi connectivity index (χ1) is 13.9. The van der Waals surface area contributed by atoms with Crippen molar-refractivity contribution in [3.8, 4) is 0 Å². The van der Waals surface area contributed by atoms with Crippen molar-refractivity contribution >= 4 is 15.9 Å². The van der Waals surface area contributed by atoms with Crippen LogP contribution in [0.5, 0.6) is 0 Å². The Labute approximate surface area is 176 Å². The van der Waals surface area contributed by atoms with Crippen molar-refractivity contribution in [1.82, 2.24) is 5.32 Å². The molecule has 0 aromatic heterocycles. The van der Waals surface area contributed by atoms with Crippen LogP contribution in [-0.2, 0) is 14.6 Å². The van der Waals surface area contributed by atoms with Crippen LogP contribution in [-0.4, -0.2) is 37.4 Å². The average Bonchev–Trinajstić information content (AvgIpc) is 3.30. The quantitative estimate of drug-likeness (QED) is 0.752. The Morgan fingerprint density at radius 1 is 1.13 bits per heavy atom. The number of hydrogen-bond acceptors (Lipinski definition) is 5. The number of carbonyl (C=O) groups is 1. The maximum Gasteiger partial charge on any atom is 0.408 e. The summed E-state index contributed by atoms with van der Waals surface area (Å²) in [4.78, 5) is 12.7. The number of carbonyl (C=O) groups excluding carboxylic acids is 1. The molecule has 2 aromatic rings. The van der Waals surface area contributed by atoms with Crippen molar-refractivity contribution in [2.45, 2.75) is 54.9 Å². The van der Waals surface area contributed by atoms with Gasteiger partial charge in [-0.05, 0) is 57.5 Å². The molecule has 1 aliphatic rings. The van der Waals surface area contributed by atoms with Crippen LogP contribution in [0.25, 0.3) is 0 Å². The van der Waals surface area contributed by atoms with Gasteiger partial charge in [0.1, 0.15) is 16.7 Å². The molecule has 0 aliphatic heterocycles. The number of sulfone groups is 1. The third-order valence-corrected chi connectivity index (χ3v) is 7.53. The van der Waals surface area contributed by atoms with Gasteiger partial charge in [-0.1, -0.05) is 29.8 Å². The van der Waals surface area contributed by atoms with Crippen molar-refractivity contribution in [2.24, 2.45) is 5.73 Å². The summed E-state index contributed by atoms with van der Waals surface area (Å²) in [5.74, 6) is -1.07. The summed E-state index contributed by atoms with van der Waals surface area (Å²) in [5.41, 5.74) is 5.51. The average molecular weight is 435 g/mol. The fraction of sp³-hybridized carbons (Fsp3) is 0.409. The summed E-state index contributed by atoms with van der Waals surface area (Å²) in [7, 11) is -3.84. The molecule has 0 spiro atoms. The highest BCUT2D eigenvalue weighted by Crippen LogP contribution is 2.57. The van der Waals surface area contributed by atoms with Crippen molar-refractivity contribution in [1.29, 1.82) is 0 Å². The largest absolute Gasteiger partial charge is 0.444 e. The Kier molecular flexibility index (Phi) is 5.68. The minimum Gasteiger partial charge on any atom is -0.444 e. The molecule has 0 saturated heterocycles. The minimum absolute atomic E-state index is 0.121. The number of amides is 1. The number of nitrogens with two attached hydrogens (primary N) is 1. The number of ether oxygens (including phenoxy) is 1. The predicted molar refractivity (Wildman–Crippen MR) is 112 cm³/mol. The van der Waals surface area contributed by atoms with E-state index < -0.39 is 44.1 Å². The number of rotatable bonds is 5. The highest BCUT2D eigenvalue weighted by molar-refractivity contribution is 7.92. The monoisotopic (exact) mass is 434 g/mol. The van der Waals surface area contributed by atoms with Gasteiger partial charge in [-0.2, -0.15) is 0 Å². The fourth-order valence-corrected chi connectivity index (χ4v) is 6.16. The van der Waals surface area contributed by atoms with Crippen LogP contribution in [0, 0.1) is 12.7 Å². The molecule has 0 unspecified atom stereocenters. The standard InChI is InChI=1S/C22H27FN2O4S/c1-14-5-11-17(12-6-14)30(27,28)19-18(15-7-9-16(23)10-8-15)22(19,13-24)25-20(26)29-21(2,3)4/h5-12,18-19H,13,24H2,1-4H3,(H,25,26)/t18-,19-,22+/m1/s1. The van der Waals surface area contributed by atoms with E-state index in [4.69, 9.17) is 10.5 Å². The molecule has 2 aromatic carbocycles. The van der Waals surface area contributed by atoms with E-state index in [0.29, 0.717) is 5.56 Å². The molecule has 162 valence electrons. The van der Waals surface area contributed by atoms with Gasteiger partial charge in [-0.25, -0.2) is 17.6 Å². The van der Waals surface area contributed by atoms with Gasteiger partial charge in [0.15, 0.2) is 9.84 Å². The zero-order chi connectivity index (χ0) is 22.3. The molecule has 30 heavy (non-hydrogen) atoms. The van der Waals surface area contributed by atoms with E-state index in [0.717, 1.165) is 5.56 Å². The van der Waals surface area contributed by atoms with Crippen LogP contribution in [0.1, 0.15) is 37.8 Å². The van der Waals surface area contributed by atoms with Gasteiger partial charge in [0, 0.05) is 12.5 Å². The fourth-order valence-electron chi connectivity index (χ4n) is 3.81. The Balaban J connectivity index is 2.03. The molecule has 1 fully saturated rings. The SMILES string of the molecule is Cc1ccc(S(=O)(=O)[C@@H]2[C@@H](c3ccc(F)cc3)[C@]2(CN)NC(=O)OC(C)(C)C)cc1. The van der Waals surface area contributed by atoms with Crippen LogP contribution in [0.3, 0.4) is 0 Å². The predicted octanol–water partition coefficient (Wildman–Crippen LogP) is 3.30. The van der Waals surface area contributed by atoms with Gasteiger partial charge in [-0.3, -0.25) is 0 Å². The molecular formula is C22H27FN2O4S. The molecule has 3 atom stereocenters. The Bertz CT molecular complexity index is 1030.